The van der Waals surface area contributed by atoms with E-state index in [2.05, 4.69) is 17.1 Å². The van der Waals surface area contributed by atoms with Gasteiger partial charge < -0.3 is 14.9 Å². The van der Waals surface area contributed by atoms with Crippen LogP contribution in [0, 0.1) is 6.92 Å². The summed E-state index contributed by atoms with van der Waals surface area (Å²) in [6.07, 6.45) is 2.42. The first-order chi connectivity index (χ1) is 11.1. The van der Waals surface area contributed by atoms with Gasteiger partial charge in [-0.2, -0.15) is 0 Å². The zero-order valence-corrected chi connectivity index (χ0v) is 13.2. The van der Waals surface area contributed by atoms with Crippen LogP contribution in [0.3, 0.4) is 0 Å². The van der Waals surface area contributed by atoms with Gasteiger partial charge in [-0.05, 0) is 30.2 Å². The van der Waals surface area contributed by atoms with Crippen molar-refractivity contribution in [3.8, 4) is 11.1 Å². The Morgan fingerprint density at radius 3 is 2.65 bits per heavy atom. The number of aromatic nitrogens is 2. The molecule has 2 heterocycles. The molecule has 2 aromatic heterocycles. The van der Waals surface area contributed by atoms with Crippen molar-refractivity contribution in [1.29, 1.82) is 0 Å². The maximum atomic E-state index is 11.6. The van der Waals surface area contributed by atoms with Crippen molar-refractivity contribution in [3.63, 3.8) is 0 Å². The van der Waals surface area contributed by atoms with Crippen molar-refractivity contribution in [1.82, 2.24) is 9.38 Å². The molecule has 0 radical (unpaired) electrons. The number of esters is 1. The molecule has 0 spiro atoms. The number of pyridine rings is 1. The number of aryl methyl sites for hydroxylation is 1. The number of ether oxygens (including phenoxy) is 1. The molecular formula is C18H19N3O2. The van der Waals surface area contributed by atoms with Crippen LogP contribution in [0.1, 0.15) is 11.4 Å². The summed E-state index contributed by atoms with van der Waals surface area (Å²) in [4.78, 5) is 16.1. The lowest BCUT2D eigenvalue weighted by Gasteiger charge is -2.10. The molecule has 5 heteroatoms. The number of nitrogens with two attached hydrogens (primary N) is 1. The third kappa shape index (κ3) is 2.96. The molecule has 0 fully saturated rings. The van der Waals surface area contributed by atoms with E-state index in [0.717, 1.165) is 28.2 Å². The highest BCUT2D eigenvalue weighted by atomic mass is 16.5. The van der Waals surface area contributed by atoms with Gasteiger partial charge in [0.25, 0.3) is 0 Å². The molecule has 1 aromatic carbocycles. The Labute approximate surface area is 134 Å². The lowest BCUT2D eigenvalue weighted by atomic mass is 10.1. The molecule has 0 saturated heterocycles. The van der Waals surface area contributed by atoms with Crippen LogP contribution in [-0.2, 0) is 16.0 Å². The lowest BCUT2D eigenvalue weighted by Crippen LogP contribution is -2.34. The third-order valence-electron chi connectivity index (χ3n) is 3.94. The van der Waals surface area contributed by atoms with Crippen molar-refractivity contribution < 1.29 is 9.53 Å². The summed E-state index contributed by atoms with van der Waals surface area (Å²) in [5.41, 5.74) is 10.8. The Morgan fingerprint density at radius 2 is 1.96 bits per heavy atom. The minimum absolute atomic E-state index is 0.387. The summed E-state index contributed by atoms with van der Waals surface area (Å²) in [6.45, 7) is 1.93. The van der Waals surface area contributed by atoms with E-state index < -0.39 is 12.0 Å². The van der Waals surface area contributed by atoms with Gasteiger partial charge in [0.05, 0.1) is 12.8 Å². The molecule has 0 aliphatic heterocycles. The molecular weight excluding hydrogens is 290 g/mol. The van der Waals surface area contributed by atoms with Gasteiger partial charge in [-0.3, -0.25) is 4.79 Å². The maximum absolute atomic E-state index is 11.6. The second kappa shape index (κ2) is 6.22. The van der Waals surface area contributed by atoms with Crippen LogP contribution in [-0.4, -0.2) is 28.5 Å². The van der Waals surface area contributed by atoms with Crippen LogP contribution in [0.15, 0.2) is 48.7 Å². The van der Waals surface area contributed by atoms with Crippen LogP contribution < -0.4 is 5.73 Å². The second-order valence-corrected chi connectivity index (χ2v) is 5.49. The zero-order chi connectivity index (χ0) is 16.4. The molecule has 23 heavy (non-hydrogen) atoms. The zero-order valence-electron chi connectivity index (χ0n) is 13.2. The van der Waals surface area contributed by atoms with Gasteiger partial charge in [-0.25, -0.2) is 4.98 Å². The molecule has 3 rings (SSSR count). The number of benzene rings is 1. The standard InChI is InChI=1S/C18H19N3O2/c1-12-16(10-15(19)18(22)23-2)21-11-14(8-9-17(21)20-12)13-6-4-3-5-7-13/h3-9,11,15H,10,19H2,1-2H3. The van der Waals surface area contributed by atoms with E-state index in [-0.39, 0.29) is 0 Å². The topological polar surface area (TPSA) is 69.6 Å². The van der Waals surface area contributed by atoms with E-state index in [1.54, 1.807) is 0 Å². The van der Waals surface area contributed by atoms with Gasteiger partial charge in [0.1, 0.15) is 11.7 Å². The third-order valence-corrected chi connectivity index (χ3v) is 3.94. The van der Waals surface area contributed by atoms with E-state index in [9.17, 15) is 4.79 Å². The van der Waals surface area contributed by atoms with Crippen molar-refractivity contribution in [2.75, 3.05) is 7.11 Å². The highest BCUT2D eigenvalue weighted by Gasteiger charge is 2.19. The van der Waals surface area contributed by atoms with Crippen molar-refractivity contribution >= 4 is 11.6 Å². The second-order valence-electron chi connectivity index (χ2n) is 5.49. The summed E-state index contributed by atoms with van der Waals surface area (Å²) >= 11 is 0. The SMILES string of the molecule is COC(=O)C(N)Cc1c(C)nc2ccc(-c3ccccc3)cn12. The first-order valence-electron chi connectivity index (χ1n) is 7.46. The maximum Gasteiger partial charge on any atom is 0.323 e. The van der Waals surface area contributed by atoms with E-state index in [1.165, 1.54) is 7.11 Å². The van der Waals surface area contributed by atoms with Crippen molar-refractivity contribution in [2.24, 2.45) is 5.73 Å². The van der Waals surface area contributed by atoms with Crippen molar-refractivity contribution in [2.45, 2.75) is 19.4 Å². The summed E-state index contributed by atoms with van der Waals surface area (Å²) < 4.78 is 6.71. The molecule has 0 aliphatic rings. The molecule has 0 amide bonds. The highest BCUT2D eigenvalue weighted by molar-refractivity contribution is 5.75. The fourth-order valence-corrected chi connectivity index (χ4v) is 2.70. The largest absolute Gasteiger partial charge is 0.468 e. The Morgan fingerprint density at radius 1 is 1.22 bits per heavy atom. The molecule has 2 N–H and O–H groups in total. The minimum Gasteiger partial charge on any atom is -0.468 e. The van der Waals surface area contributed by atoms with E-state index in [1.807, 2.05) is 47.9 Å². The molecule has 0 saturated carbocycles. The molecule has 5 nitrogen and oxygen atoms in total. The van der Waals surface area contributed by atoms with Gasteiger partial charge in [0, 0.05) is 18.3 Å². The van der Waals surface area contributed by atoms with E-state index >= 15 is 0 Å². The number of methoxy groups -OCH3 is 1. The molecule has 1 atom stereocenters. The van der Waals surface area contributed by atoms with Crippen LogP contribution >= 0.6 is 0 Å². The molecule has 0 aliphatic carbocycles. The molecule has 0 bridgehead atoms. The van der Waals surface area contributed by atoms with Crippen LogP contribution in [0.4, 0.5) is 0 Å². The number of carbonyl (C=O) groups excluding carboxylic acids is 1. The number of nitrogens with zero attached hydrogens (tertiary/aromatic N) is 2. The van der Waals surface area contributed by atoms with Crippen molar-refractivity contribution in [3.05, 3.63) is 60.0 Å². The van der Waals surface area contributed by atoms with E-state index in [0.29, 0.717) is 6.42 Å². The first kappa shape index (κ1) is 15.2. The Balaban J connectivity index is 2.04. The average Bonchev–Trinajstić information content (AvgIpc) is 2.89. The van der Waals surface area contributed by atoms with Gasteiger partial charge in [0.2, 0.25) is 0 Å². The smallest absolute Gasteiger partial charge is 0.323 e. The number of carbonyl (C=O) groups is 1. The van der Waals surface area contributed by atoms with Gasteiger partial charge >= 0.3 is 5.97 Å². The minimum atomic E-state index is -0.695. The summed E-state index contributed by atoms with van der Waals surface area (Å²) in [5, 5.41) is 0. The number of fused-ring (bicyclic) bond motifs is 1. The molecule has 1 unspecified atom stereocenters. The highest BCUT2D eigenvalue weighted by Crippen LogP contribution is 2.22. The van der Waals surface area contributed by atoms with E-state index in [4.69, 9.17) is 10.5 Å². The summed E-state index contributed by atoms with van der Waals surface area (Å²) in [7, 11) is 1.34. The fraction of sp³-hybridized carbons (Fsp3) is 0.222. The molecule has 3 aromatic rings. The monoisotopic (exact) mass is 309 g/mol. The lowest BCUT2D eigenvalue weighted by molar-refractivity contribution is -0.142. The van der Waals surface area contributed by atoms with Crippen LogP contribution in [0.5, 0.6) is 0 Å². The van der Waals surface area contributed by atoms with Gasteiger partial charge in [-0.15, -0.1) is 0 Å². The number of hydrogen-bond acceptors (Lipinski definition) is 4. The Bertz CT molecular complexity index is 840. The Hall–Kier alpha value is -2.66. The fourth-order valence-electron chi connectivity index (χ4n) is 2.70. The number of hydrogen-bond donors (Lipinski definition) is 1. The summed E-state index contributed by atoms with van der Waals surface area (Å²) in [5.74, 6) is -0.418. The average molecular weight is 309 g/mol. The quantitative estimate of drug-likeness (QED) is 0.751. The van der Waals surface area contributed by atoms with Gasteiger partial charge in [-0.1, -0.05) is 30.3 Å². The molecule has 118 valence electrons. The normalized spacial score (nSPS) is 12.3. The predicted octanol–water partition coefficient (Wildman–Crippen LogP) is 2.35. The first-order valence-corrected chi connectivity index (χ1v) is 7.46. The van der Waals surface area contributed by atoms with Gasteiger partial charge in [0.15, 0.2) is 0 Å². The number of imidazole rings is 1. The Kier molecular flexibility index (Phi) is 4.12. The van der Waals surface area contributed by atoms with Crippen LogP contribution in [0.2, 0.25) is 0 Å². The van der Waals surface area contributed by atoms with Crippen LogP contribution in [0.25, 0.3) is 16.8 Å². The predicted molar refractivity (Wildman–Crippen MR) is 89.1 cm³/mol. The number of rotatable bonds is 4. The summed E-state index contributed by atoms with van der Waals surface area (Å²) in [6, 6.07) is 13.4.